The molecular weight excluding hydrogens is 366 g/mol. The minimum absolute atomic E-state index is 0.0466. The van der Waals surface area contributed by atoms with E-state index in [4.69, 9.17) is 4.74 Å². The molecule has 2 heterocycles. The van der Waals surface area contributed by atoms with E-state index in [2.05, 4.69) is 15.6 Å². The second kappa shape index (κ2) is 6.39. The lowest BCUT2D eigenvalue weighted by Crippen LogP contribution is -2.58. The van der Waals surface area contributed by atoms with Crippen LogP contribution in [0, 0.1) is 10.1 Å². The molecule has 1 aromatic heterocycles. The number of cyclic esters (lactones) is 1. The third-order valence-electron chi connectivity index (χ3n) is 4.34. The highest BCUT2D eigenvalue weighted by molar-refractivity contribution is 5.98. The molecule has 0 bridgehead atoms. The Morgan fingerprint density at radius 1 is 1.36 bits per heavy atom. The fraction of sp³-hybridized carbons (Fsp3) is 0.444. The fourth-order valence-electron chi connectivity index (χ4n) is 3.06. The molecule has 1 aliphatic rings. The molecule has 1 aliphatic heterocycles. The zero-order valence-corrected chi connectivity index (χ0v) is 16.2. The van der Waals surface area contributed by atoms with Crippen LogP contribution in [-0.4, -0.2) is 43.4 Å². The summed E-state index contributed by atoms with van der Waals surface area (Å²) in [5.74, 6) is -1.20. The lowest BCUT2D eigenvalue weighted by atomic mass is 9.93. The summed E-state index contributed by atoms with van der Waals surface area (Å²) in [7, 11) is 0. The van der Waals surface area contributed by atoms with Gasteiger partial charge in [0.05, 0.1) is 4.92 Å². The summed E-state index contributed by atoms with van der Waals surface area (Å²) in [6.45, 7) is 8.89. The molecule has 1 unspecified atom stereocenters. The number of fused-ring (bicyclic) bond motifs is 1. The molecule has 10 heteroatoms. The van der Waals surface area contributed by atoms with E-state index >= 15 is 0 Å². The van der Waals surface area contributed by atoms with Gasteiger partial charge in [0.2, 0.25) is 6.10 Å². The van der Waals surface area contributed by atoms with E-state index in [0.717, 1.165) is 0 Å². The summed E-state index contributed by atoms with van der Waals surface area (Å²) >= 11 is 0. The van der Waals surface area contributed by atoms with Crippen LogP contribution in [0.2, 0.25) is 0 Å². The van der Waals surface area contributed by atoms with Crippen molar-refractivity contribution >= 4 is 17.6 Å². The Balaban J connectivity index is 2.05. The van der Waals surface area contributed by atoms with E-state index in [9.17, 15) is 19.7 Å². The maximum Gasteiger partial charge on any atom is 0.359 e. The van der Waals surface area contributed by atoms with E-state index in [-0.39, 0.29) is 17.1 Å². The quantitative estimate of drug-likeness (QED) is 0.484. The van der Waals surface area contributed by atoms with Crippen LogP contribution < -0.4 is 5.32 Å². The Bertz CT molecular complexity index is 973. The van der Waals surface area contributed by atoms with Crippen LogP contribution in [0.3, 0.4) is 0 Å². The van der Waals surface area contributed by atoms with Crippen LogP contribution in [0.4, 0.5) is 5.69 Å². The zero-order valence-electron chi connectivity index (χ0n) is 16.2. The SMILES string of the molecule is CC(C)(C)NC(=O)C1OC(=O)c2c(-c3cccc([N+](=O)[O-])c3)nnn2C1(C)C. The van der Waals surface area contributed by atoms with Gasteiger partial charge in [-0.3, -0.25) is 14.9 Å². The highest BCUT2D eigenvalue weighted by atomic mass is 16.6. The third-order valence-corrected chi connectivity index (χ3v) is 4.34. The van der Waals surface area contributed by atoms with Crippen molar-refractivity contribution in [1.82, 2.24) is 20.3 Å². The number of rotatable bonds is 3. The number of esters is 1. The number of nitro benzene ring substituents is 1. The average molecular weight is 387 g/mol. The van der Waals surface area contributed by atoms with Gasteiger partial charge in [0.1, 0.15) is 11.2 Å². The lowest BCUT2D eigenvalue weighted by Gasteiger charge is -2.38. The third kappa shape index (κ3) is 3.32. The topological polar surface area (TPSA) is 129 Å². The van der Waals surface area contributed by atoms with Crippen molar-refractivity contribution in [2.45, 2.75) is 51.8 Å². The van der Waals surface area contributed by atoms with Gasteiger partial charge in [-0.05, 0) is 34.6 Å². The van der Waals surface area contributed by atoms with Crippen LogP contribution in [0.1, 0.15) is 45.1 Å². The van der Waals surface area contributed by atoms with E-state index in [1.165, 1.54) is 22.9 Å². The number of ether oxygens (including phenoxy) is 1. The van der Waals surface area contributed by atoms with Crippen LogP contribution in [-0.2, 0) is 15.1 Å². The smallest absolute Gasteiger partial charge is 0.359 e. The summed E-state index contributed by atoms with van der Waals surface area (Å²) in [6.07, 6.45) is -1.11. The Morgan fingerprint density at radius 2 is 2.04 bits per heavy atom. The van der Waals surface area contributed by atoms with Crippen LogP contribution in [0.5, 0.6) is 0 Å². The van der Waals surface area contributed by atoms with E-state index in [1.807, 2.05) is 20.8 Å². The molecular formula is C18H21N5O5. The Hall–Kier alpha value is -3.30. The number of non-ortho nitro benzene ring substituents is 1. The number of aromatic nitrogens is 3. The minimum atomic E-state index is -1.11. The van der Waals surface area contributed by atoms with Gasteiger partial charge in [0.15, 0.2) is 5.69 Å². The van der Waals surface area contributed by atoms with Gasteiger partial charge >= 0.3 is 5.97 Å². The van der Waals surface area contributed by atoms with Crippen molar-refractivity contribution in [3.63, 3.8) is 0 Å². The van der Waals surface area contributed by atoms with Gasteiger partial charge in [-0.1, -0.05) is 17.3 Å². The molecule has 0 spiro atoms. The van der Waals surface area contributed by atoms with Crippen molar-refractivity contribution in [3.05, 3.63) is 40.1 Å². The normalized spacial score (nSPS) is 18.2. The maximum atomic E-state index is 12.7. The first-order valence-electron chi connectivity index (χ1n) is 8.66. The number of carbonyl (C=O) groups is 2. The molecule has 0 radical (unpaired) electrons. The minimum Gasteiger partial charge on any atom is -0.445 e. The second-order valence-corrected chi connectivity index (χ2v) is 8.18. The molecule has 0 saturated heterocycles. The second-order valence-electron chi connectivity index (χ2n) is 8.18. The predicted octanol–water partition coefficient (Wildman–Crippen LogP) is 2.04. The number of nitrogens with one attached hydrogen (secondary N) is 1. The van der Waals surface area contributed by atoms with Crippen LogP contribution in [0.25, 0.3) is 11.3 Å². The predicted molar refractivity (Wildman–Crippen MR) is 98.5 cm³/mol. The van der Waals surface area contributed by atoms with E-state index in [0.29, 0.717) is 5.56 Å². The number of amides is 1. The number of nitrogens with zero attached hydrogens (tertiary/aromatic N) is 4. The first-order valence-corrected chi connectivity index (χ1v) is 8.66. The molecule has 148 valence electrons. The zero-order chi connectivity index (χ0) is 20.9. The number of hydrogen-bond acceptors (Lipinski definition) is 7. The van der Waals surface area contributed by atoms with Crippen molar-refractivity contribution < 1.29 is 19.2 Å². The molecule has 1 amide bonds. The summed E-state index contributed by atoms with van der Waals surface area (Å²) < 4.78 is 6.80. The Labute approximate surface area is 161 Å². The molecule has 2 aromatic rings. The molecule has 1 atom stereocenters. The van der Waals surface area contributed by atoms with Gasteiger partial charge in [-0.15, -0.1) is 5.10 Å². The lowest BCUT2D eigenvalue weighted by molar-refractivity contribution is -0.384. The molecule has 0 aliphatic carbocycles. The fourth-order valence-corrected chi connectivity index (χ4v) is 3.06. The number of nitro groups is 1. The molecule has 10 nitrogen and oxygen atoms in total. The van der Waals surface area contributed by atoms with Crippen LogP contribution >= 0.6 is 0 Å². The first-order chi connectivity index (χ1) is 12.9. The monoisotopic (exact) mass is 387 g/mol. The molecule has 28 heavy (non-hydrogen) atoms. The van der Waals surface area contributed by atoms with Crippen molar-refractivity contribution in [2.24, 2.45) is 0 Å². The molecule has 0 fully saturated rings. The molecule has 3 rings (SSSR count). The Kier molecular flexibility index (Phi) is 4.44. The molecule has 1 N–H and O–H groups in total. The van der Waals surface area contributed by atoms with E-state index < -0.39 is 34.0 Å². The van der Waals surface area contributed by atoms with Gasteiger partial charge in [0.25, 0.3) is 11.6 Å². The Morgan fingerprint density at radius 3 is 2.64 bits per heavy atom. The summed E-state index contributed by atoms with van der Waals surface area (Å²) in [5.41, 5.74) is -1.08. The standard InChI is InChI=1S/C18H21N5O5/c1-17(2,3)19-15(24)14-18(4,5)22-13(16(25)28-14)12(20-21-22)10-7-6-8-11(9-10)23(26)27/h6-9,14H,1-5H3,(H,19,24). The number of carbonyl (C=O) groups excluding carboxylic acids is 2. The van der Waals surface area contributed by atoms with Gasteiger partial charge in [-0.2, -0.15) is 0 Å². The van der Waals surface area contributed by atoms with Crippen molar-refractivity contribution in [3.8, 4) is 11.3 Å². The average Bonchev–Trinajstić information content (AvgIpc) is 3.03. The van der Waals surface area contributed by atoms with Gasteiger partial charge in [-0.25, -0.2) is 9.48 Å². The number of hydrogen-bond donors (Lipinski definition) is 1. The molecule has 0 saturated carbocycles. The van der Waals surface area contributed by atoms with Gasteiger partial charge < -0.3 is 10.1 Å². The summed E-state index contributed by atoms with van der Waals surface area (Å²) in [4.78, 5) is 35.9. The largest absolute Gasteiger partial charge is 0.445 e. The summed E-state index contributed by atoms with van der Waals surface area (Å²) in [5, 5.41) is 21.9. The summed E-state index contributed by atoms with van der Waals surface area (Å²) in [6, 6.07) is 5.74. The molecule has 1 aromatic carbocycles. The van der Waals surface area contributed by atoms with Crippen molar-refractivity contribution in [2.75, 3.05) is 0 Å². The first kappa shape index (κ1) is 19.5. The maximum absolute atomic E-state index is 12.7. The van der Waals surface area contributed by atoms with E-state index in [1.54, 1.807) is 19.9 Å². The van der Waals surface area contributed by atoms with Crippen molar-refractivity contribution in [1.29, 1.82) is 0 Å². The highest BCUT2D eigenvalue weighted by Gasteiger charge is 2.49. The highest BCUT2D eigenvalue weighted by Crippen LogP contribution is 2.35. The van der Waals surface area contributed by atoms with Crippen LogP contribution in [0.15, 0.2) is 24.3 Å². The number of benzene rings is 1. The van der Waals surface area contributed by atoms with Gasteiger partial charge in [0, 0.05) is 23.2 Å².